The third kappa shape index (κ3) is 3.65. The van der Waals surface area contributed by atoms with Crippen LogP contribution >= 0.6 is 0 Å². The molecule has 0 saturated carbocycles. The largest absolute Gasteiger partial charge is 0.323 e. The van der Waals surface area contributed by atoms with Gasteiger partial charge in [0.2, 0.25) is 15.9 Å². The molecule has 2 aromatic carbocycles. The molecule has 0 bridgehead atoms. The Kier molecular flexibility index (Phi) is 5.14. The average Bonchev–Trinajstić information content (AvgIpc) is 2.73. The number of sulfonamides is 1. The molecule has 2 aliphatic heterocycles. The van der Waals surface area contributed by atoms with Gasteiger partial charge in [-0.05, 0) is 49.6 Å². The molecule has 2 aromatic rings. The molecule has 7 nitrogen and oxygen atoms in total. The number of rotatable bonds is 3. The summed E-state index contributed by atoms with van der Waals surface area (Å²) in [6.07, 6.45) is 2.72. The molecule has 0 aromatic heterocycles. The predicted molar refractivity (Wildman–Crippen MR) is 111 cm³/mol. The van der Waals surface area contributed by atoms with E-state index in [1.165, 1.54) is 15.3 Å². The minimum Gasteiger partial charge on any atom is -0.323 e. The van der Waals surface area contributed by atoms with E-state index in [2.05, 4.69) is 5.32 Å². The Morgan fingerprint density at radius 2 is 1.76 bits per heavy atom. The lowest BCUT2D eigenvalue weighted by Gasteiger charge is -2.30. The SMILES string of the molecule is Cc1ccc(C(=O)N2CC(=O)Nc3ccccc32)cc1S(=O)(=O)N1CCCCC1. The number of nitrogens with one attached hydrogen (secondary N) is 1. The molecule has 152 valence electrons. The Labute approximate surface area is 170 Å². The molecule has 4 rings (SSSR count). The van der Waals surface area contributed by atoms with E-state index in [0.29, 0.717) is 30.0 Å². The van der Waals surface area contributed by atoms with Gasteiger partial charge in [-0.1, -0.05) is 24.6 Å². The molecular weight excluding hydrogens is 390 g/mol. The molecule has 29 heavy (non-hydrogen) atoms. The smallest absolute Gasteiger partial charge is 0.258 e. The van der Waals surface area contributed by atoms with Gasteiger partial charge in [0.25, 0.3) is 5.91 Å². The Morgan fingerprint density at radius 1 is 1.03 bits per heavy atom. The van der Waals surface area contributed by atoms with Crippen LogP contribution < -0.4 is 10.2 Å². The Hall–Kier alpha value is -2.71. The van der Waals surface area contributed by atoms with Crippen LogP contribution in [0.1, 0.15) is 35.2 Å². The maximum absolute atomic E-state index is 13.2. The first kappa shape index (κ1) is 19.6. The summed E-state index contributed by atoms with van der Waals surface area (Å²) in [7, 11) is -3.67. The first-order chi connectivity index (χ1) is 13.9. The van der Waals surface area contributed by atoms with E-state index in [1.54, 1.807) is 43.3 Å². The van der Waals surface area contributed by atoms with Crippen LogP contribution in [0.5, 0.6) is 0 Å². The van der Waals surface area contributed by atoms with Crippen LogP contribution in [0.3, 0.4) is 0 Å². The minimum atomic E-state index is -3.67. The fourth-order valence-electron chi connectivity index (χ4n) is 3.83. The second kappa shape index (κ2) is 7.61. The highest BCUT2D eigenvalue weighted by atomic mass is 32.2. The van der Waals surface area contributed by atoms with E-state index in [1.807, 2.05) is 0 Å². The maximum atomic E-state index is 13.2. The molecule has 2 aliphatic rings. The summed E-state index contributed by atoms with van der Waals surface area (Å²) in [6, 6.07) is 11.8. The van der Waals surface area contributed by atoms with Gasteiger partial charge >= 0.3 is 0 Å². The lowest BCUT2D eigenvalue weighted by Crippen LogP contribution is -2.42. The predicted octanol–water partition coefficient (Wildman–Crippen LogP) is 2.77. The van der Waals surface area contributed by atoms with Crippen LogP contribution in [0.15, 0.2) is 47.4 Å². The summed E-state index contributed by atoms with van der Waals surface area (Å²) in [4.78, 5) is 26.8. The van der Waals surface area contributed by atoms with Crippen LogP contribution in [-0.4, -0.2) is 44.2 Å². The van der Waals surface area contributed by atoms with Gasteiger partial charge in [-0.2, -0.15) is 4.31 Å². The number of carbonyl (C=O) groups is 2. The maximum Gasteiger partial charge on any atom is 0.258 e. The van der Waals surface area contributed by atoms with E-state index in [4.69, 9.17) is 0 Å². The molecule has 2 amide bonds. The molecule has 1 saturated heterocycles. The van der Waals surface area contributed by atoms with Gasteiger partial charge < -0.3 is 5.32 Å². The zero-order valence-electron chi connectivity index (χ0n) is 16.2. The number of fused-ring (bicyclic) bond motifs is 1. The number of nitrogens with zero attached hydrogens (tertiary/aromatic N) is 2. The molecule has 0 atom stereocenters. The highest BCUT2D eigenvalue weighted by Crippen LogP contribution is 2.31. The van der Waals surface area contributed by atoms with Crippen molar-refractivity contribution in [3.8, 4) is 0 Å². The molecule has 8 heteroatoms. The number of hydrogen-bond donors (Lipinski definition) is 1. The van der Waals surface area contributed by atoms with Crippen LogP contribution in [0.25, 0.3) is 0 Å². The van der Waals surface area contributed by atoms with Gasteiger partial charge in [0.15, 0.2) is 0 Å². The Bertz CT molecular complexity index is 1080. The fraction of sp³-hybridized carbons (Fsp3) is 0.333. The van der Waals surface area contributed by atoms with Crippen molar-refractivity contribution in [2.45, 2.75) is 31.1 Å². The molecule has 1 N–H and O–H groups in total. The summed E-state index contributed by atoms with van der Waals surface area (Å²) in [5, 5.41) is 2.75. The standard InChI is InChI=1S/C21H23N3O4S/c1-15-9-10-16(13-19(15)29(27,28)23-11-5-2-6-12-23)21(26)24-14-20(25)22-17-7-3-4-8-18(17)24/h3-4,7-10,13H,2,5-6,11-12,14H2,1H3,(H,22,25). The lowest BCUT2D eigenvalue weighted by atomic mass is 10.1. The highest BCUT2D eigenvalue weighted by Gasteiger charge is 2.31. The van der Waals surface area contributed by atoms with Crippen LogP contribution in [0.4, 0.5) is 11.4 Å². The number of carbonyl (C=O) groups excluding carboxylic acids is 2. The minimum absolute atomic E-state index is 0.113. The number of para-hydroxylation sites is 2. The number of aryl methyl sites for hydroxylation is 1. The summed E-state index contributed by atoms with van der Waals surface area (Å²) >= 11 is 0. The molecule has 0 spiro atoms. The second-order valence-corrected chi connectivity index (χ2v) is 9.31. The topological polar surface area (TPSA) is 86.8 Å². The number of amides is 2. The quantitative estimate of drug-likeness (QED) is 0.838. The fourth-order valence-corrected chi connectivity index (χ4v) is 5.59. The number of hydrogen-bond acceptors (Lipinski definition) is 4. The molecule has 0 unspecified atom stereocenters. The van der Waals surface area contributed by atoms with Gasteiger partial charge in [0, 0.05) is 18.7 Å². The zero-order chi connectivity index (χ0) is 20.6. The Morgan fingerprint density at radius 3 is 2.52 bits per heavy atom. The summed E-state index contributed by atoms with van der Waals surface area (Å²) < 4.78 is 27.8. The van der Waals surface area contributed by atoms with Crippen LogP contribution in [0, 0.1) is 6.92 Å². The van der Waals surface area contributed by atoms with Crippen molar-refractivity contribution in [1.82, 2.24) is 4.31 Å². The first-order valence-corrected chi connectivity index (χ1v) is 11.1. The molecule has 2 heterocycles. The van der Waals surface area contributed by atoms with Crippen molar-refractivity contribution in [3.05, 3.63) is 53.6 Å². The van der Waals surface area contributed by atoms with E-state index in [9.17, 15) is 18.0 Å². The van der Waals surface area contributed by atoms with E-state index in [0.717, 1.165) is 19.3 Å². The third-order valence-corrected chi connectivity index (χ3v) is 7.42. The number of benzene rings is 2. The summed E-state index contributed by atoms with van der Waals surface area (Å²) in [5.74, 6) is -0.687. The Balaban J connectivity index is 1.71. The number of piperidine rings is 1. The van der Waals surface area contributed by atoms with E-state index in [-0.39, 0.29) is 22.9 Å². The first-order valence-electron chi connectivity index (χ1n) is 9.69. The van der Waals surface area contributed by atoms with Gasteiger partial charge in [-0.3, -0.25) is 14.5 Å². The normalized spacial score (nSPS) is 17.6. The monoisotopic (exact) mass is 413 g/mol. The lowest BCUT2D eigenvalue weighted by molar-refractivity contribution is -0.115. The zero-order valence-corrected chi connectivity index (χ0v) is 17.0. The molecule has 0 aliphatic carbocycles. The van der Waals surface area contributed by atoms with Gasteiger partial charge in [0.05, 0.1) is 16.3 Å². The second-order valence-electron chi connectivity index (χ2n) is 7.40. The highest BCUT2D eigenvalue weighted by molar-refractivity contribution is 7.89. The van der Waals surface area contributed by atoms with Crippen molar-refractivity contribution in [3.63, 3.8) is 0 Å². The summed E-state index contributed by atoms with van der Waals surface area (Å²) in [5.41, 5.74) is 2.00. The average molecular weight is 413 g/mol. The van der Waals surface area contributed by atoms with Gasteiger partial charge in [0.1, 0.15) is 6.54 Å². The van der Waals surface area contributed by atoms with Crippen molar-refractivity contribution < 1.29 is 18.0 Å². The van der Waals surface area contributed by atoms with E-state index >= 15 is 0 Å². The van der Waals surface area contributed by atoms with Crippen molar-refractivity contribution in [2.75, 3.05) is 29.9 Å². The summed E-state index contributed by atoms with van der Waals surface area (Å²) in [6.45, 7) is 2.62. The van der Waals surface area contributed by atoms with Crippen molar-refractivity contribution in [1.29, 1.82) is 0 Å². The van der Waals surface area contributed by atoms with Crippen LogP contribution in [-0.2, 0) is 14.8 Å². The van der Waals surface area contributed by atoms with Crippen molar-refractivity contribution in [2.24, 2.45) is 0 Å². The molecule has 1 fully saturated rings. The van der Waals surface area contributed by atoms with E-state index < -0.39 is 15.9 Å². The third-order valence-electron chi connectivity index (χ3n) is 5.38. The van der Waals surface area contributed by atoms with Gasteiger partial charge in [-0.25, -0.2) is 8.42 Å². The molecule has 0 radical (unpaired) electrons. The van der Waals surface area contributed by atoms with Gasteiger partial charge in [-0.15, -0.1) is 0 Å². The van der Waals surface area contributed by atoms with Crippen molar-refractivity contribution >= 4 is 33.2 Å². The molecular formula is C21H23N3O4S. The van der Waals surface area contributed by atoms with Crippen LogP contribution in [0.2, 0.25) is 0 Å². The number of anilines is 2.